The highest BCUT2D eigenvalue weighted by Crippen LogP contribution is 2.32. The number of hydrogen-bond donors (Lipinski definition) is 0. The summed E-state index contributed by atoms with van der Waals surface area (Å²) in [6.45, 7) is 2.41. The molecule has 0 N–H and O–H groups in total. The van der Waals surface area contributed by atoms with E-state index in [4.69, 9.17) is 0 Å². The van der Waals surface area contributed by atoms with Crippen molar-refractivity contribution in [2.45, 2.75) is 12.5 Å². The van der Waals surface area contributed by atoms with Gasteiger partial charge in [0.15, 0.2) is 0 Å². The number of hydrogen-bond acceptors (Lipinski definition) is 3. The first-order chi connectivity index (χ1) is 13.5. The van der Waals surface area contributed by atoms with Crippen LogP contribution in [-0.2, 0) is 9.59 Å². The van der Waals surface area contributed by atoms with Crippen LogP contribution in [0.2, 0.25) is 0 Å². The summed E-state index contributed by atoms with van der Waals surface area (Å²) >= 11 is 0. The molecule has 0 radical (unpaired) electrons. The third-order valence-corrected chi connectivity index (χ3v) is 5.67. The average molecular weight is 381 g/mol. The number of anilines is 1. The van der Waals surface area contributed by atoms with Crippen LogP contribution in [0.5, 0.6) is 0 Å². The summed E-state index contributed by atoms with van der Waals surface area (Å²) in [6.07, 6.45) is 0.126. The molecule has 0 bridgehead atoms. The maximum Gasteiger partial charge on any atom is 0.228 e. The van der Waals surface area contributed by atoms with Crippen LogP contribution >= 0.6 is 0 Å². The van der Waals surface area contributed by atoms with E-state index >= 15 is 0 Å². The van der Waals surface area contributed by atoms with Crippen molar-refractivity contribution in [1.82, 2.24) is 9.80 Å². The van der Waals surface area contributed by atoms with Gasteiger partial charge in [0.05, 0.1) is 17.6 Å². The van der Waals surface area contributed by atoms with Gasteiger partial charge in [-0.25, -0.2) is 4.39 Å². The second kappa shape index (κ2) is 7.72. The Morgan fingerprint density at radius 1 is 1.00 bits per heavy atom. The summed E-state index contributed by atoms with van der Waals surface area (Å²) < 4.78 is 14.1. The Bertz CT molecular complexity index is 873. The van der Waals surface area contributed by atoms with Crippen molar-refractivity contribution in [3.05, 3.63) is 66.0 Å². The van der Waals surface area contributed by atoms with Crippen LogP contribution in [0.1, 0.15) is 18.0 Å². The van der Waals surface area contributed by atoms with E-state index in [9.17, 15) is 14.0 Å². The number of halogens is 1. The summed E-state index contributed by atoms with van der Waals surface area (Å²) in [5, 5.41) is 0. The van der Waals surface area contributed by atoms with Gasteiger partial charge in [-0.15, -0.1) is 0 Å². The molecule has 28 heavy (non-hydrogen) atoms. The van der Waals surface area contributed by atoms with Crippen molar-refractivity contribution in [2.24, 2.45) is 5.92 Å². The number of carbonyl (C=O) groups is 2. The Balaban J connectivity index is 1.55. The van der Waals surface area contributed by atoms with E-state index in [2.05, 4.69) is 11.9 Å². The van der Waals surface area contributed by atoms with E-state index < -0.39 is 11.7 Å². The minimum atomic E-state index is -0.443. The minimum Gasteiger partial charge on any atom is -0.333 e. The lowest BCUT2D eigenvalue weighted by atomic mass is 9.99. The van der Waals surface area contributed by atoms with Gasteiger partial charge in [0.1, 0.15) is 5.82 Å². The van der Waals surface area contributed by atoms with Gasteiger partial charge < -0.3 is 14.7 Å². The van der Waals surface area contributed by atoms with E-state index in [1.165, 1.54) is 11.0 Å². The van der Waals surface area contributed by atoms with Crippen molar-refractivity contribution < 1.29 is 14.0 Å². The Morgan fingerprint density at radius 2 is 1.71 bits per heavy atom. The van der Waals surface area contributed by atoms with Gasteiger partial charge in [-0.3, -0.25) is 9.59 Å². The van der Waals surface area contributed by atoms with Crippen LogP contribution in [0, 0.1) is 11.7 Å². The number of piperazine rings is 1. The predicted molar refractivity (Wildman–Crippen MR) is 105 cm³/mol. The average Bonchev–Trinajstić information content (AvgIpc) is 3.10. The highest BCUT2D eigenvalue weighted by Gasteiger charge is 2.41. The Labute approximate surface area is 164 Å². The van der Waals surface area contributed by atoms with E-state index in [0.717, 1.165) is 18.7 Å². The SMILES string of the molecule is CN1CCN(C(=O)C2CC(=O)N(c3ccccc3F)C2)C(c2ccccc2)C1. The first kappa shape index (κ1) is 18.6. The van der Waals surface area contributed by atoms with Gasteiger partial charge in [-0.05, 0) is 24.7 Å². The Kier molecular flexibility index (Phi) is 5.13. The van der Waals surface area contributed by atoms with Crippen molar-refractivity contribution in [3.8, 4) is 0 Å². The highest BCUT2D eigenvalue weighted by molar-refractivity contribution is 6.00. The quantitative estimate of drug-likeness (QED) is 0.821. The Morgan fingerprint density at radius 3 is 2.46 bits per heavy atom. The van der Waals surface area contributed by atoms with Crippen molar-refractivity contribution in [2.75, 3.05) is 38.1 Å². The zero-order valence-corrected chi connectivity index (χ0v) is 15.9. The summed E-state index contributed by atoms with van der Waals surface area (Å²) in [6, 6.07) is 16.2. The van der Waals surface area contributed by atoms with Crippen molar-refractivity contribution >= 4 is 17.5 Å². The number of benzene rings is 2. The molecule has 2 heterocycles. The van der Waals surface area contributed by atoms with Crippen LogP contribution in [0.4, 0.5) is 10.1 Å². The summed E-state index contributed by atoms with van der Waals surface area (Å²) in [4.78, 5) is 31.4. The molecule has 2 fully saturated rings. The van der Waals surface area contributed by atoms with Gasteiger partial charge >= 0.3 is 0 Å². The third-order valence-electron chi connectivity index (χ3n) is 5.67. The molecule has 2 aliphatic heterocycles. The summed E-state index contributed by atoms with van der Waals surface area (Å²) in [5.74, 6) is -1.10. The van der Waals surface area contributed by atoms with Crippen LogP contribution < -0.4 is 4.90 Å². The van der Waals surface area contributed by atoms with Gasteiger partial charge in [0.2, 0.25) is 11.8 Å². The van der Waals surface area contributed by atoms with E-state index in [1.54, 1.807) is 18.2 Å². The van der Waals surface area contributed by atoms with Crippen molar-refractivity contribution in [1.29, 1.82) is 0 Å². The molecule has 2 amide bonds. The van der Waals surface area contributed by atoms with Crippen LogP contribution in [0.15, 0.2) is 54.6 Å². The normalized spacial score (nSPS) is 23.3. The number of para-hydroxylation sites is 1. The number of nitrogens with zero attached hydrogens (tertiary/aromatic N) is 3. The molecule has 0 aliphatic carbocycles. The van der Waals surface area contributed by atoms with Gasteiger partial charge in [-0.2, -0.15) is 0 Å². The second-order valence-electron chi connectivity index (χ2n) is 7.58. The van der Waals surface area contributed by atoms with E-state index in [-0.39, 0.29) is 36.5 Å². The van der Waals surface area contributed by atoms with Gasteiger partial charge in [0.25, 0.3) is 0 Å². The molecular formula is C22H24FN3O2. The van der Waals surface area contributed by atoms with E-state index in [0.29, 0.717) is 6.54 Å². The fourth-order valence-corrected chi connectivity index (χ4v) is 4.15. The first-order valence-corrected chi connectivity index (χ1v) is 9.63. The summed E-state index contributed by atoms with van der Waals surface area (Å²) in [5.41, 5.74) is 1.35. The maximum absolute atomic E-state index is 14.1. The smallest absolute Gasteiger partial charge is 0.228 e. The van der Waals surface area contributed by atoms with Crippen LogP contribution in [0.25, 0.3) is 0 Å². The fraction of sp³-hybridized carbons (Fsp3) is 0.364. The molecule has 0 aromatic heterocycles. The molecule has 0 spiro atoms. The number of likely N-dealkylation sites (N-methyl/N-ethyl adjacent to an activating group) is 1. The number of carbonyl (C=O) groups excluding carboxylic acids is 2. The van der Waals surface area contributed by atoms with Crippen LogP contribution in [0.3, 0.4) is 0 Å². The zero-order chi connectivity index (χ0) is 19.7. The molecule has 2 atom stereocenters. The molecule has 5 nitrogen and oxygen atoms in total. The molecule has 6 heteroatoms. The maximum atomic E-state index is 14.1. The molecule has 4 rings (SSSR count). The Hall–Kier alpha value is -2.73. The number of amides is 2. The van der Waals surface area contributed by atoms with Crippen LogP contribution in [-0.4, -0.2) is 54.8 Å². The largest absolute Gasteiger partial charge is 0.333 e. The molecule has 2 aliphatic rings. The van der Waals surface area contributed by atoms with Crippen molar-refractivity contribution in [3.63, 3.8) is 0 Å². The lowest BCUT2D eigenvalue weighted by Gasteiger charge is -2.41. The molecule has 2 aromatic carbocycles. The van der Waals surface area contributed by atoms with Gasteiger partial charge in [-0.1, -0.05) is 42.5 Å². The molecular weight excluding hydrogens is 357 g/mol. The van der Waals surface area contributed by atoms with Gasteiger partial charge in [0, 0.05) is 32.6 Å². The minimum absolute atomic E-state index is 0.0193. The highest BCUT2D eigenvalue weighted by atomic mass is 19.1. The lowest BCUT2D eigenvalue weighted by Crippen LogP contribution is -2.51. The molecule has 2 unspecified atom stereocenters. The number of rotatable bonds is 3. The second-order valence-corrected chi connectivity index (χ2v) is 7.58. The topological polar surface area (TPSA) is 43.9 Å². The molecule has 2 aromatic rings. The monoisotopic (exact) mass is 381 g/mol. The third kappa shape index (κ3) is 3.52. The summed E-state index contributed by atoms with van der Waals surface area (Å²) in [7, 11) is 2.05. The lowest BCUT2D eigenvalue weighted by molar-refractivity contribution is -0.140. The standard InChI is InChI=1S/C22H24FN3O2/c1-24-11-12-25(20(15-24)16-7-3-2-4-8-16)22(28)17-13-21(27)26(14-17)19-10-6-5-9-18(19)23/h2-10,17,20H,11-15H2,1H3. The predicted octanol–water partition coefficient (Wildman–Crippen LogP) is 2.69. The molecule has 146 valence electrons. The molecule has 2 saturated heterocycles. The first-order valence-electron chi connectivity index (χ1n) is 9.63. The van der Waals surface area contributed by atoms with E-state index in [1.807, 2.05) is 35.2 Å². The fourth-order valence-electron chi connectivity index (χ4n) is 4.15. The zero-order valence-electron chi connectivity index (χ0n) is 15.9. The molecule has 0 saturated carbocycles.